The van der Waals surface area contributed by atoms with Crippen LogP contribution in [-0.2, 0) is 0 Å². The van der Waals surface area contributed by atoms with Crippen molar-refractivity contribution in [2.75, 3.05) is 0 Å². The van der Waals surface area contributed by atoms with Crippen LogP contribution in [0.1, 0.15) is 29.0 Å². The van der Waals surface area contributed by atoms with Gasteiger partial charge in [-0.1, -0.05) is 18.2 Å². The van der Waals surface area contributed by atoms with E-state index in [1.807, 2.05) is 0 Å². The molecule has 3 aromatic heterocycles. The third-order valence-corrected chi connectivity index (χ3v) is 8.05. The van der Waals surface area contributed by atoms with Crippen LogP contribution in [0.3, 0.4) is 0 Å². The summed E-state index contributed by atoms with van der Waals surface area (Å²) in [7, 11) is -5.33. The number of hydrogen-bond acceptors (Lipinski definition) is 15. The normalized spacial score (nSPS) is 10.6. The number of hydrogen-bond donors (Lipinski definition) is 6. The van der Waals surface area contributed by atoms with E-state index in [0.29, 0.717) is 0 Å². The molecule has 6 N–H and O–H groups in total. The highest BCUT2D eigenvalue weighted by atomic mass is 32.1. The van der Waals surface area contributed by atoms with E-state index in [9.17, 15) is 44.5 Å². The molecule has 39 heavy (non-hydrogen) atoms. The van der Waals surface area contributed by atoms with Crippen LogP contribution < -0.4 is 28.5 Å². The number of thiophene rings is 3. The van der Waals surface area contributed by atoms with Gasteiger partial charge in [0.1, 0.15) is 31.9 Å². The maximum Gasteiger partial charge on any atom is 0.499 e. The molecule has 0 aliphatic carbocycles. The molecule has 0 spiro atoms. The summed E-state index contributed by atoms with van der Waals surface area (Å²) in [6, 6.07) is 11.5. The van der Waals surface area contributed by atoms with Gasteiger partial charge in [0.2, 0.25) is 0 Å². The molecule has 18 heteroatoms. The van der Waals surface area contributed by atoms with Crippen molar-refractivity contribution in [3.05, 3.63) is 69.2 Å². The van der Waals surface area contributed by atoms with E-state index in [2.05, 4.69) is 0 Å². The largest absolute Gasteiger partial charge is 0.499 e. The molecule has 198 valence electrons. The molecule has 0 bridgehead atoms. The second kappa shape index (κ2) is 12.2. The lowest BCUT2D eigenvalue weighted by Gasteiger charge is -2.10. The summed E-state index contributed by atoms with van der Waals surface area (Å²) in [5.41, 5.74) is 0. The van der Waals surface area contributed by atoms with E-state index in [-0.39, 0.29) is 46.2 Å². The minimum Gasteiger partial charge on any atom is -0.423 e. The first-order chi connectivity index (χ1) is 18.5. The molecule has 0 aliphatic heterocycles. The Hall–Kier alpha value is -3.32. The van der Waals surface area contributed by atoms with Crippen molar-refractivity contribution < 1.29 is 58.7 Å². The predicted octanol–water partition coefficient (Wildman–Crippen LogP) is -1.43. The average molecular weight is 588 g/mol. The number of esters is 3. The molecule has 0 radical (unpaired) electrons. The smallest absolute Gasteiger partial charge is 0.423 e. The van der Waals surface area contributed by atoms with Crippen molar-refractivity contribution >= 4 is 87.6 Å². The van der Waals surface area contributed by atoms with E-state index < -0.39 is 39.3 Å². The van der Waals surface area contributed by atoms with E-state index in [1.54, 1.807) is 0 Å². The van der Waals surface area contributed by atoms with Crippen LogP contribution >= 0.6 is 34.0 Å². The van der Waals surface area contributed by atoms with Crippen LogP contribution in [-0.4, -0.2) is 69.4 Å². The minimum absolute atomic E-state index is 0.0291. The van der Waals surface area contributed by atoms with Gasteiger partial charge in [0.25, 0.3) is 0 Å². The molecular weight excluding hydrogens is 573 g/mol. The Morgan fingerprint density at radius 1 is 0.487 bits per heavy atom. The van der Waals surface area contributed by atoms with Crippen LogP contribution in [0.4, 0.5) is 0 Å². The van der Waals surface area contributed by atoms with Crippen molar-refractivity contribution in [2.24, 2.45) is 0 Å². The Bertz CT molecular complexity index is 1320. The zero-order valence-electron chi connectivity index (χ0n) is 19.3. The van der Waals surface area contributed by atoms with Gasteiger partial charge >= 0.3 is 39.3 Å². The topological polar surface area (TPSA) is 200 Å². The Morgan fingerprint density at radius 3 is 0.949 bits per heavy atom. The number of carbonyl (C=O) groups is 3. The van der Waals surface area contributed by atoms with E-state index in [0.717, 1.165) is 34.0 Å². The fourth-order valence-electron chi connectivity index (χ4n) is 3.00. The molecule has 0 saturated carbocycles. The summed E-state index contributed by atoms with van der Waals surface area (Å²) in [6.45, 7) is 0. The molecule has 4 aromatic rings. The van der Waals surface area contributed by atoms with Gasteiger partial charge in [0, 0.05) is 32.5 Å². The van der Waals surface area contributed by atoms with Gasteiger partial charge < -0.3 is 44.4 Å². The Labute approximate surface area is 232 Å². The highest BCUT2D eigenvalue weighted by molar-refractivity contribution is 7.24. The third kappa shape index (κ3) is 7.21. The highest BCUT2D eigenvalue weighted by Gasteiger charge is 2.23. The first kappa shape index (κ1) is 28.7. The lowest BCUT2D eigenvalue weighted by molar-refractivity contribution is 0.0736. The third-order valence-electron chi connectivity index (χ3n) is 4.73. The first-order valence-electron chi connectivity index (χ1n) is 10.7. The Kier molecular flexibility index (Phi) is 9.01. The molecule has 0 amide bonds. The fourth-order valence-corrected chi connectivity index (χ4v) is 5.27. The monoisotopic (exact) mass is 588 g/mol. The van der Waals surface area contributed by atoms with Gasteiger partial charge in [0.05, 0.1) is 0 Å². The van der Waals surface area contributed by atoms with Crippen molar-refractivity contribution in [1.29, 1.82) is 0 Å². The van der Waals surface area contributed by atoms with E-state index in [1.165, 1.54) is 54.6 Å². The van der Waals surface area contributed by atoms with Crippen molar-refractivity contribution in [3.63, 3.8) is 0 Å². The van der Waals surface area contributed by atoms with Crippen LogP contribution in [0.25, 0.3) is 0 Å². The van der Waals surface area contributed by atoms with Crippen LogP contribution in [0.15, 0.2) is 54.6 Å². The number of carbonyl (C=O) groups excluding carboxylic acids is 3. The van der Waals surface area contributed by atoms with Gasteiger partial charge in [-0.3, -0.25) is 0 Å². The maximum atomic E-state index is 12.6. The summed E-state index contributed by atoms with van der Waals surface area (Å²) in [5.74, 6) is -3.22. The lowest BCUT2D eigenvalue weighted by Crippen LogP contribution is -2.26. The second-order valence-corrected chi connectivity index (χ2v) is 10.9. The maximum absolute atomic E-state index is 12.6. The highest BCUT2D eigenvalue weighted by Crippen LogP contribution is 2.30. The van der Waals surface area contributed by atoms with Crippen molar-refractivity contribution in [2.45, 2.75) is 0 Å². The van der Waals surface area contributed by atoms with Crippen molar-refractivity contribution in [3.8, 4) is 17.2 Å². The van der Waals surface area contributed by atoms with Gasteiger partial charge in [-0.25, -0.2) is 14.4 Å². The number of rotatable bonds is 9. The predicted molar refractivity (Wildman–Crippen MR) is 144 cm³/mol. The zero-order valence-corrected chi connectivity index (χ0v) is 21.7. The fraction of sp³-hybridized carbons (Fsp3) is 0. The molecule has 12 nitrogen and oxygen atoms in total. The minimum atomic E-state index is -1.78. The van der Waals surface area contributed by atoms with Crippen molar-refractivity contribution in [1.82, 2.24) is 0 Å². The molecule has 0 unspecified atom stereocenters. The standard InChI is InChI=1S/C21H15B3O12S3/c25-19(13-1-4-16(37-13)22(28)29)34-10-7-11(35-20(26)14-2-5-17(38-14)23(30)31)9-12(8-10)36-21(27)15-3-6-18(39-15)24(32)33/h1-9,28-33H. The average Bonchev–Trinajstić information content (AvgIpc) is 3.64. The molecule has 0 aliphatic rings. The first-order valence-corrected chi connectivity index (χ1v) is 13.1. The molecule has 0 saturated heterocycles. The molecule has 3 heterocycles. The van der Waals surface area contributed by atoms with Crippen LogP contribution in [0.2, 0.25) is 0 Å². The summed E-state index contributed by atoms with van der Waals surface area (Å²) >= 11 is 2.33. The summed E-state index contributed by atoms with van der Waals surface area (Å²) in [5, 5.41) is 55.6. The Morgan fingerprint density at radius 2 is 0.744 bits per heavy atom. The van der Waals surface area contributed by atoms with Gasteiger partial charge in [-0.05, 0) is 18.2 Å². The van der Waals surface area contributed by atoms with Crippen LogP contribution in [0.5, 0.6) is 17.2 Å². The van der Waals surface area contributed by atoms with E-state index in [4.69, 9.17) is 14.2 Å². The molecule has 4 rings (SSSR count). The van der Waals surface area contributed by atoms with Gasteiger partial charge in [0.15, 0.2) is 0 Å². The number of benzene rings is 1. The molecule has 1 aromatic carbocycles. The molecular formula is C21H15B3O12S3. The number of ether oxygens (including phenoxy) is 3. The van der Waals surface area contributed by atoms with E-state index >= 15 is 0 Å². The Balaban J connectivity index is 1.59. The van der Waals surface area contributed by atoms with Crippen LogP contribution in [0, 0.1) is 0 Å². The SMILES string of the molecule is O=C(Oc1cc(OC(=O)c2ccc(B(O)O)s2)cc(OC(=O)c2ccc(B(O)O)s2)c1)c1ccc(B(O)O)s1. The quantitative estimate of drug-likeness (QED) is 0.0758. The summed E-state index contributed by atoms with van der Waals surface area (Å²) < 4.78 is 16.3. The summed E-state index contributed by atoms with van der Waals surface area (Å²) in [6.07, 6.45) is 0. The second-order valence-electron chi connectivity index (χ2n) is 7.54. The summed E-state index contributed by atoms with van der Waals surface area (Å²) in [4.78, 5) is 37.9. The van der Waals surface area contributed by atoms with Gasteiger partial charge in [-0.2, -0.15) is 0 Å². The van der Waals surface area contributed by atoms with Gasteiger partial charge in [-0.15, -0.1) is 34.0 Å². The zero-order chi connectivity index (χ0) is 28.3. The molecule has 0 fully saturated rings. The lowest BCUT2D eigenvalue weighted by atomic mass is 9.90. The molecule has 0 atom stereocenters.